The van der Waals surface area contributed by atoms with Crippen LogP contribution in [0.3, 0.4) is 0 Å². The SMILES string of the molecule is CCC(C)N(Cc1ccc(OS(=O)(=O)c2cccc(C(F)(F)F)c2)cc1)C(=O)CC(C)C. The molecule has 5 nitrogen and oxygen atoms in total. The molecule has 1 unspecified atom stereocenters. The van der Waals surface area contributed by atoms with E-state index in [1.165, 1.54) is 12.1 Å². The fourth-order valence-corrected chi connectivity index (χ4v) is 4.00. The van der Waals surface area contributed by atoms with E-state index < -0.39 is 26.8 Å². The lowest BCUT2D eigenvalue weighted by Crippen LogP contribution is -2.38. The molecule has 2 rings (SSSR count). The van der Waals surface area contributed by atoms with Crippen molar-refractivity contribution in [2.75, 3.05) is 0 Å². The summed E-state index contributed by atoms with van der Waals surface area (Å²) in [6.45, 7) is 8.28. The molecule has 0 radical (unpaired) electrons. The van der Waals surface area contributed by atoms with Gasteiger partial charge >= 0.3 is 16.3 Å². The van der Waals surface area contributed by atoms with Crippen molar-refractivity contribution in [3.8, 4) is 5.75 Å². The van der Waals surface area contributed by atoms with Crippen molar-refractivity contribution in [1.29, 1.82) is 0 Å². The van der Waals surface area contributed by atoms with E-state index in [0.717, 1.165) is 30.2 Å². The van der Waals surface area contributed by atoms with Gasteiger partial charge < -0.3 is 9.08 Å². The van der Waals surface area contributed by atoms with Crippen LogP contribution in [0, 0.1) is 5.92 Å². The zero-order valence-electron chi connectivity index (χ0n) is 18.5. The van der Waals surface area contributed by atoms with E-state index in [9.17, 15) is 26.4 Å². The number of rotatable bonds is 9. The third-order valence-electron chi connectivity index (χ3n) is 4.96. The first kappa shape index (κ1) is 25.7. The number of nitrogens with zero attached hydrogens (tertiary/aromatic N) is 1. The van der Waals surface area contributed by atoms with Gasteiger partial charge in [-0.1, -0.05) is 39.0 Å². The van der Waals surface area contributed by atoms with Gasteiger partial charge in [0.25, 0.3) is 0 Å². The number of benzene rings is 2. The first-order valence-corrected chi connectivity index (χ1v) is 11.7. The molecule has 0 aliphatic carbocycles. The van der Waals surface area contributed by atoms with Crippen molar-refractivity contribution in [1.82, 2.24) is 4.90 Å². The van der Waals surface area contributed by atoms with Gasteiger partial charge in [0, 0.05) is 19.0 Å². The van der Waals surface area contributed by atoms with Gasteiger partial charge in [0.2, 0.25) is 5.91 Å². The zero-order chi connectivity index (χ0) is 24.1. The lowest BCUT2D eigenvalue weighted by atomic mass is 10.1. The van der Waals surface area contributed by atoms with Crippen LogP contribution in [0.2, 0.25) is 0 Å². The van der Waals surface area contributed by atoms with Gasteiger partial charge in [0.1, 0.15) is 10.6 Å². The van der Waals surface area contributed by atoms with Gasteiger partial charge in [-0.05, 0) is 55.2 Å². The van der Waals surface area contributed by atoms with Gasteiger partial charge in [-0.25, -0.2) is 0 Å². The molecule has 2 aromatic rings. The largest absolute Gasteiger partial charge is 0.416 e. The Kier molecular flexibility index (Phi) is 8.34. The maximum Gasteiger partial charge on any atom is 0.416 e. The summed E-state index contributed by atoms with van der Waals surface area (Å²) in [6.07, 6.45) is -3.44. The van der Waals surface area contributed by atoms with E-state index in [4.69, 9.17) is 4.18 Å². The molecule has 0 heterocycles. The summed E-state index contributed by atoms with van der Waals surface area (Å²) in [5.74, 6) is 0.238. The van der Waals surface area contributed by atoms with Crippen LogP contribution >= 0.6 is 0 Å². The third kappa shape index (κ3) is 6.98. The van der Waals surface area contributed by atoms with Crippen LogP contribution in [0.1, 0.15) is 51.7 Å². The number of alkyl halides is 3. The Bertz CT molecular complexity index is 1020. The van der Waals surface area contributed by atoms with E-state index in [-0.39, 0.29) is 23.6 Å². The Balaban J connectivity index is 2.17. The van der Waals surface area contributed by atoms with Gasteiger partial charge in [-0.2, -0.15) is 21.6 Å². The molecule has 0 saturated heterocycles. The molecule has 2 aromatic carbocycles. The van der Waals surface area contributed by atoms with Crippen LogP contribution in [0.15, 0.2) is 53.4 Å². The highest BCUT2D eigenvalue weighted by atomic mass is 32.2. The first-order chi connectivity index (χ1) is 14.8. The average molecular weight is 472 g/mol. The first-order valence-electron chi connectivity index (χ1n) is 10.3. The molecule has 0 N–H and O–H groups in total. The quantitative estimate of drug-likeness (QED) is 0.444. The van der Waals surface area contributed by atoms with Crippen LogP contribution in [0.25, 0.3) is 0 Å². The van der Waals surface area contributed by atoms with Gasteiger partial charge in [0.15, 0.2) is 0 Å². The predicted octanol–water partition coefficient (Wildman–Crippen LogP) is 5.65. The number of carbonyl (C=O) groups is 1. The second kappa shape index (κ2) is 10.4. The van der Waals surface area contributed by atoms with Crippen molar-refractivity contribution >= 4 is 16.0 Å². The summed E-state index contributed by atoms with van der Waals surface area (Å²) in [4.78, 5) is 13.8. The molecule has 0 saturated carbocycles. The number of carbonyl (C=O) groups excluding carboxylic acids is 1. The Labute approximate surface area is 187 Å². The Morgan fingerprint density at radius 1 is 1.06 bits per heavy atom. The number of hydrogen-bond acceptors (Lipinski definition) is 4. The summed E-state index contributed by atoms with van der Waals surface area (Å²) in [5.41, 5.74) is -0.292. The minimum Gasteiger partial charge on any atom is -0.379 e. The third-order valence-corrected chi connectivity index (χ3v) is 6.20. The fraction of sp³-hybridized carbons (Fsp3) is 0.435. The molecular formula is C23H28F3NO4S. The standard InChI is InChI=1S/C23H28F3NO4S/c1-5-17(4)27(22(28)13-16(2)3)15-18-9-11-20(12-10-18)31-32(29,30)21-8-6-7-19(14-21)23(24,25)26/h6-12,14,16-17H,5,13,15H2,1-4H3. The summed E-state index contributed by atoms with van der Waals surface area (Å²) in [5, 5.41) is 0. The second-order valence-electron chi connectivity index (χ2n) is 8.08. The highest BCUT2D eigenvalue weighted by Crippen LogP contribution is 2.31. The van der Waals surface area contributed by atoms with E-state index in [0.29, 0.717) is 19.0 Å². The molecular weight excluding hydrogens is 443 g/mol. The van der Waals surface area contributed by atoms with E-state index in [2.05, 4.69) is 0 Å². The summed E-state index contributed by atoms with van der Waals surface area (Å²) in [7, 11) is -4.44. The minimum atomic E-state index is -4.66. The van der Waals surface area contributed by atoms with Crippen LogP contribution in [0.5, 0.6) is 5.75 Å². The van der Waals surface area contributed by atoms with E-state index >= 15 is 0 Å². The maximum absolute atomic E-state index is 12.9. The normalized spacial score (nSPS) is 13.1. The van der Waals surface area contributed by atoms with Gasteiger partial charge in [0.05, 0.1) is 5.56 Å². The summed E-state index contributed by atoms with van der Waals surface area (Å²) in [6, 6.07) is 9.53. The van der Waals surface area contributed by atoms with Gasteiger partial charge in [-0.3, -0.25) is 4.79 Å². The molecule has 1 amide bonds. The van der Waals surface area contributed by atoms with Crippen LogP contribution < -0.4 is 4.18 Å². The number of amides is 1. The Morgan fingerprint density at radius 2 is 1.69 bits per heavy atom. The summed E-state index contributed by atoms with van der Waals surface area (Å²) < 4.78 is 68.5. The van der Waals surface area contributed by atoms with Crippen LogP contribution in [0.4, 0.5) is 13.2 Å². The molecule has 0 spiro atoms. The summed E-state index contributed by atoms with van der Waals surface area (Å²) >= 11 is 0. The molecule has 176 valence electrons. The van der Waals surface area contributed by atoms with Crippen molar-refractivity contribution in [3.63, 3.8) is 0 Å². The molecule has 9 heteroatoms. The minimum absolute atomic E-state index is 0.0326. The van der Waals surface area contributed by atoms with E-state index in [1.54, 1.807) is 17.0 Å². The highest BCUT2D eigenvalue weighted by molar-refractivity contribution is 7.87. The monoisotopic (exact) mass is 471 g/mol. The smallest absolute Gasteiger partial charge is 0.379 e. The fourth-order valence-electron chi connectivity index (χ4n) is 3.03. The molecule has 0 aromatic heterocycles. The zero-order valence-corrected chi connectivity index (χ0v) is 19.3. The lowest BCUT2D eigenvalue weighted by molar-refractivity contribution is -0.138. The Morgan fingerprint density at radius 3 is 2.22 bits per heavy atom. The van der Waals surface area contributed by atoms with Crippen molar-refractivity contribution in [3.05, 3.63) is 59.7 Å². The van der Waals surface area contributed by atoms with Crippen LogP contribution in [-0.4, -0.2) is 25.3 Å². The highest BCUT2D eigenvalue weighted by Gasteiger charge is 2.32. The van der Waals surface area contributed by atoms with Crippen molar-refractivity contribution < 1.29 is 30.6 Å². The topological polar surface area (TPSA) is 63.7 Å². The van der Waals surface area contributed by atoms with E-state index in [1.807, 2.05) is 27.7 Å². The molecule has 0 fully saturated rings. The van der Waals surface area contributed by atoms with Crippen LogP contribution in [-0.2, 0) is 27.6 Å². The number of halogens is 3. The second-order valence-corrected chi connectivity index (χ2v) is 9.63. The molecule has 0 aliphatic rings. The lowest BCUT2D eigenvalue weighted by Gasteiger charge is -2.29. The molecule has 32 heavy (non-hydrogen) atoms. The average Bonchev–Trinajstić information content (AvgIpc) is 2.71. The van der Waals surface area contributed by atoms with Gasteiger partial charge in [-0.15, -0.1) is 0 Å². The predicted molar refractivity (Wildman–Crippen MR) is 115 cm³/mol. The Hall–Kier alpha value is -2.55. The molecule has 0 aliphatic heterocycles. The maximum atomic E-state index is 12.9. The number of hydrogen-bond donors (Lipinski definition) is 0. The van der Waals surface area contributed by atoms with Crippen molar-refractivity contribution in [2.24, 2.45) is 5.92 Å². The molecule has 1 atom stereocenters. The van der Waals surface area contributed by atoms with Crippen molar-refractivity contribution in [2.45, 2.75) is 64.2 Å². The molecule has 0 bridgehead atoms.